The third kappa shape index (κ3) is 1.07. The van der Waals surface area contributed by atoms with Crippen LogP contribution in [0.25, 0.3) is 0 Å². The topological polar surface area (TPSA) is 76.0 Å². The number of carbonyl (C=O) groups excluding carboxylic acids is 2. The standard InChI is InChI=1S/C8H10N4O2/c1-8(5-3-9-12(2)4-5)6(13)10-7(14)11-8/h3-4H,1-2H3,(H2,10,11,13,14). The SMILES string of the molecule is Cn1cc(C2(C)NC(=O)NC2=O)cn1. The number of aromatic nitrogens is 2. The van der Waals surface area contributed by atoms with Crippen LogP contribution in [0, 0.1) is 0 Å². The van der Waals surface area contributed by atoms with Crippen molar-refractivity contribution >= 4 is 11.9 Å². The molecule has 3 amide bonds. The van der Waals surface area contributed by atoms with Gasteiger partial charge in [-0.15, -0.1) is 0 Å². The Labute approximate surface area is 80.3 Å². The van der Waals surface area contributed by atoms with E-state index in [1.165, 1.54) is 0 Å². The monoisotopic (exact) mass is 194 g/mol. The molecule has 6 heteroatoms. The lowest BCUT2D eigenvalue weighted by molar-refractivity contribution is -0.123. The van der Waals surface area contributed by atoms with Gasteiger partial charge in [0.15, 0.2) is 0 Å². The molecule has 1 atom stereocenters. The third-order valence-corrected chi connectivity index (χ3v) is 2.33. The van der Waals surface area contributed by atoms with Gasteiger partial charge in [0, 0.05) is 18.8 Å². The molecule has 0 saturated carbocycles. The molecule has 0 radical (unpaired) electrons. The van der Waals surface area contributed by atoms with Crippen LogP contribution >= 0.6 is 0 Å². The first-order valence-corrected chi connectivity index (χ1v) is 4.15. The van der Waals surface area contributed by atoms with E-state index in [1.807, 2.05) is 0 Å². The number of nitrogens with zero attached hydrogens (tertiary/aromatic N) is 2. The van der Waals surface area contributed by atoms with Gasteiger partial charge < -0.3 is 5.32 Å². The minimum atomic E-state index is -0.995. The van der Waals surface area contributed by atoms with E-state index in [1.54, 1.807) is 31.0 Å². The highest BCUT2D eigenvalue weighted by molar-refractivity contribution is 6.07. The quantitative estimate of drug-likeness (QED) is 0.590. The van der Waals surface area contributed by atoms with Crippen LogP contribution in [-0.2, 0) is 17.4 Å². The number of aryl methyl sites for hydroxylation is 1. The van der Waals surface area contributed by atoms with Crippen LogP contribution in [0.3, 0.4) is 0 Å². The fourth-order valence-corrected chi connectivity index (χ4v) is 1.43. The molecule has 2 heterocycles. The molecule has 1 aromatic heterocycles. The third-order valence-electron chi connectivity index (χ3n) is 2.33. The molecule has 2 rings (SSSR count). The molecule has 2 N–H and O–H groups in total. The highest BCUT2D eigenvalue weighted by Crippen LogP contribution is 2.23. The van der Waals surface area contributed by atoms with Crippen molar-refractivity contribution < 1.29 is 9.59 Å². The lowest BCUT2D eigenvalue weighted by Crippen LogP contribution is -2.40. The first-order chi connectivity index (χ1) is 6.52. The fourth-order valence-electron chi connectivity index (χ4n) is 1.43. The largest absolute Gasteiger partial charge is 0.322 e. The van der Waals surface area contributed by atoms with E-state index in [4.69, 9.17) is 0 Å². The highest BCUT2D eigenvalue weighted by atomic mass is 16.2. The Morgan fingerprint density at radius 1 is 1.50 bits per heavy atom. The zero-order chi connectivity index (χ0) is 10.3. The van der Waals surface area contributed by atoms with Crippen LogP contribution in [0.5, 0.6) is 0 Å². The number of rotatable bonds is 1. The molecule has 0 aliphatic carbocycles. The van der Waals surface area contributed by atoms with Gasteiger partial charge in [0.1, 0.15) is 5.54 Å². The van der Waals surface area contributed by atoms with Crippen LogP contribution in [0.4, 0.5) is 4.79 Å². The predicted molar refractivity (Wildman–Crippen MR) is 47.2 cm³/mol. The summed E-state index contributed by atoms with van der Waals surface area (Å²) in [6.07, 6.45) is 3.26. The van der Waals surface area contributed by atoms with E-state index >= 15 is 0 Å². The summed E-state index contributed by atoms with van der Waals surface area (Å²) in [5, 5.41) is 8.70. The second-order valence-corrected chi connectivity index (χ2v) is 3.44. The molecule has 0 aromatic carbocycles. The molecule has 0 spiro atoms. The fraction of sp³-hybridized carbons (Fsp3) is 0.375. The average molecular weight is 194 g/mol. The van der Waals surface area contributed by atoms with E-state index in [0.29, 0.717) is 5.56 Å². The smallest absolute Gasteiger partial charge is 0.319 e. The number of amides is 3. The molecule has 1 aliphatic rings. The molecule has 74 valence electrons. The summed E-state index contributed by atoms with van der Waals surface area (Å²) in [4.78, 5) is 22.5. The summed E-state index contributed by atoms with van der Waals surface area (Å²) in [7, 11) is 1.75. The predicted octanol–water partition coefficient (Wildman–Crippen LogP) is -0.525. The van der Waals surface area contributed by atoms with Crippen LogP contribution in [-0.4, -0.2) is 21.7 Å². The van der Waals surface area contributed by atoms with Gasteiger partial charge in [0.2, 0.25) is 0 Å². The maximum atomic E-state index is 11.5. The number of nitrogens with one attached hydrogen (secondary N) is 2. The molecule has 1 fully saturated rings. The second kappa shape index (κ2) is 2.57. The van der Waals surface area contributed by atoms with Crippen LogP contribution in [0.2, 0.25) is 0 Å². The normalized spacial score (nSPS) is 26.1. The Morgan fingerprint density at radius 3 is 2.64 bits per heavy atom. The minimum Gasteiger partial charge on any atom is -0.319 e. The number of hydrogen-bond acceptors (Lipinski definition) is 3. The van der Waals surface area contributed by atoms with Crippen molar-refractivity contribution in [3.63, 3.8) is 0 Å². The zero-order valence-corrected chi connectivity index (χ0v) is 7.87. The lowest BCUT2D eigenvalue weighted by atomic mass is 9.96. The highest BCUT2D eigenvalue weighted by Gasteiger charge is 2.44. The summed E-state index contributed by atoms with van der Waals surface area (Å²) < 4.78 is 1.58. The van der Waals surface area contributed by atoms with Crippen molar-refractivity contribution in [1.82, 2.24) is 20.4 Å². The van der Waals surface area contributed by atoms with E-state index in [2.05, 4.69) is 15.7 Å². The number of carbonyl (C=O) groups is 2. The molecule has 6 nitrogen and oxygen atoms in total. The number of hydrogen-bond donors (Lipinski definition) is 2. The van der Waals surface area contributed by atoms with Gasteiger partial charge in [-0.05, 0) is 6.92 Å². The van der Waals surface area contributed by atoms with Gasteiger partial charge in [-0.25, -0.2) is 4.79 Å². The molecule has 1 aliphatic heterocycles. The van der Waals surface area contributed by atoms with Gasteiger partial charge in [-0.3, -0.25) is 14.8 Å². The van der Waals surface area contributed by atoms with Crippen molar-refractivity contribution in [3.8, 4) is 0 Å². The summed E-state index contributed by atoms with van der Waals surface area (Å²) in [5.41, 5.74) is -0.325. The Morgan fingerprint density at radius 2 is 2.21 bits per heavy atom. The van der Waals surface area contributed by atoms with Crippen molar-refractivity contribution in [2.45, 2.75) is 12.5 Å². The Kier molecular flexibility index (Phi) is 1.60. The van der Waals surface area contributed by atoms with E-state index < -0.39 is 11.6 Å². The van der Waals surface area contributed by atoms with E-state index in [9.17, 15) is 9.59 Å². The summed E-state index contributed by atoms with van der Waals surface area (Å²) >= 11 is 0. The maximum Gasteiger partial charge on any atom is 0.322 e. The molecule has 1 saturated heterocycles. The van der Waals surface area contributed by atoms with Crippen LogP contribution < -0.4 is 10.6 Å². The van der Waals surface area contributed by atoms with Crippen molar-refractivity contribution in [2.24, 2.45) is 7.05 Å². The molecular weight excluding hydrogens is 184 g/mol. The molecular formula is C8H10N4O2. The van der Waals surface area contributed by atoms with Crippen LogP contribution in [0.15, 0.2) is 12.4 Å². The minimum absolute atomic E-state index is 0.351. The number of imide groups is 1. The molecule has 1 unspecified atom stereocenters. The first-order valence-electron chi connectivity index (χ1n) is 4.15. The maximum absolute atomic E-state index is 11.5. The van der Waals surface area contributed by atoms with Gasteiger partial charge >= 0.3 is 6.03 Å². The van der Waals surface area contributed by atoms with Crippen molar-refractivity contribution in [1.29, 1.82) is 0 Å². The zero-order valence-electron chi connectivity index (χ0n) is 7.87. The molecule has 0 bridgehead atoms. The summed E-state index contributed by atoms with van der Waals surface area (Å²) in [6.45, 7) is 1.64. The lowest BCUT2D eigenvalue weighted by Gasteiger charge is -2.17. The Hall–Kier alpha value is -1.85. The Balaban J connectivity index is 2.42. The van der Waals surface area contributed by atoms with E-state index in [-0.39, 0.29) is 5.91 Å². The van der Waals surface area contributed by atoms with Crippen LogP contribution in [0.1, 0.15) is 12.5 Å². The second-order valence-electron chi connectivity index (χ2n) is 3.44. The van der Waals surface area contributed by atoms with Gasteiger partial charge in [0.25, 0.3) is 5.91 Å². The average Bonchev–Trinajstić information content (AvgIpc) is 2.59. The van der Waals surface area contributed by atoms with Crippen molar-refractivity contribution in [3.05, 3.63) is 18.0 Å². The molecule has 1 aromatic rings. The first kappa shape index (κ1) is 8.74. The van der Waals surface area contributed by atoms with Crippen molar-refractivity contribution in [2.75, 3.05) is 0 Å². The summed E-state index contributed by atoms with van der Waals surface area (Å²) in [5.74, 6) is -0.351. The Bertz CT molecular complexity index is 411. The van der Waals surface area contributed by atoms with E-state index in [0.717, 1.165) is 0 Å². The van der Waals surface area contributed by atoms with Gasteiger partial charge in [-0.1, -0.05) is 0 Å². The van der Waals surface area contributed by atoms with Gasteiger partial charge in [0.05, 0.1) is 6.20 Å². The number of urea groups is 1. The molecule has 14 heavy (non-hydrogen) atoms. The summed E-state index contributed by atoms with van der Waals surface area (Å²) in [6, 6.07) is -0.471. The van der Waals surface area contributed by atoms with Gasteiger partial charge in [-0.2, -0.15) is 5.10 Å².